The van der Waals surface area contributed by atoms with Crippen molar-refractivity contribution in [3.05, 3.63) is 0 Å². The second kappa shape index (κ2) is 7.35. The fourth-order valence-corrected chi connectivity index (χ4v) is 4.00. The van der Waals surface area contributed by atoms with Gasteiger partial charge in [0.15, 0.2) is 0 Å². The smallest absolute Gasteiger partial charge is 0.194 e. The van der Waals surface area contributed by atoms with Crippen molar-refractivity contribution in [2.24, 2.45) is 0 Å². The molecule has 0 fully saturated rings. The quantitative estimate of drug-likeness (QED) is 0.391. The summed E-state index contributed by atoms with van der Waals surface area (Å²) in [7, 11) is -1.000. The van der Waals surface area contributed by atoms with E-state index in [1.807, 2.05) is 6.92 Å². The van der Waals surface area contributed by atoms with Crippen LogP contribution in [0, 0.1) is 0 Å². The predicted molar refractivity (Wildman–Crippen MR) is 72.0 cm³/mol. The third-order valence-electron chi connectivity index (χ3n) is 1.87. The lowest BCUT2D eigenvalue weighted by molar-refractivity contribution is 0.453. The fraction of sp³-hybridized carbons (Fsp3) is 1.00. The zero-order chi connectivity index (χ0) is 13.7. The molecular formula is C8H17Cl2FN2O2S2. The first-order valence-corrected chi connectivity index (χ1v) is 8.00. The molecule has 0 spiro atoms. The highest BCUT2D eigenvalue weighted by atomic mass is 35.5. The Morgan fingerprint density at radius 2 is 1.82 bits per heavy atom. The van der Waals surface area contributed by atoms with E-state index in [0.29, 0.717) is 6.42 Å². The summed E-state index contributed by atoms with van der Waals surface area (Å²) in [6.07, 6.45) is 2.41. The van der Waals surface area contributed by atoms with Crippen LogP contribution in [-0.4, -0.2) is 41.0 Å². The first kappa shape index (κ1) is 17.7. The molecule has 0 saturated carbocycles. The average molecular weight is 327 g/mol. The summed E-state index contributed by atoms with van der Waals surface area (Å²) in [6.45, 7) is 2.16. The van der Waals surface area contributed by atoms with E-state index in [9.17, 15) is 12.8 Å². The van der Waals surface area contributed by atoms with Gasteiger partial charge in [0.2, 0.25) is 0 Å². The predicted octanol–water partition coefficient (Wildman–Crippen LogP) is 2.99. The van der Waals surface area contributed by atoms with E-state index in [4.69, 9.17) is 23.2 Å². The van der Waals surface area contributed by atoms with Gasteiger partial charge in [-0.3, -0.25) is 0 Å². The van der Waals surface area contributed by atoms with Crippen LogP contribution in [-0.2, 0) is 10.2 Å². The molecule has 0 N–H and O–H groups in total. The minimum absolute atomic E-state index is 0.171. The van der Waals surface area contributed by atoms with Crippen LogP contribution in [0.15, 0.2) is 0 Å². The van der Waals surface area contributed by atoms with E-state index in [1.54, 1.807) is 0 Å². The van der Waals surface area contributed by atoms with Gasteiger partial charge >= 0.3 is 3.92 Å². The summed E-state index contributed by atoms with van der Waals surface area (Å²) in [5.41, 5.74) is 0. The van der Waals surface area contributed by atoms with Gasteiger partial charge in [-0.15, -0.1) is 3.71 Å². The van der Waals surface area contributed by atoms with Crippen LogP contribution in [0.5, 0.6) is 0 Å². The van der Waals surface area contributed by atoms with Gasteiger partial charge in [-0.2, -0.15) is 17.1 Å². The zero-order valence-corrected chi connectivity index (χ0v) is 13.1. The van der Waals surface area contributed by atoms with Crippen molar-refractivity contribution in [2.75, 3.05) is 20.6 Å². The van der Waals surface area contributed by atoms with Crippen LogP contribution in [0.2, 0.25) is 0 Å². The van der Waals surface area contributed by atoms with Gasteiger partial charge in [0.25, 0.3) is 10.2 Å². The number of hydrogen-bond acceptors (Lipinski definition) is 3. The largest absolute Gasteiger partial charge is 0.319 e. The number of nitrogens with zero attached hydrogens (tertiary/aromatic N) is 2. The van der Waals surface area contributed by atoms with Crippen molar-refractivity contribution in [3.63, 3.8) is 0 Å². The van der Waals surface area contributed by atoms with Gasteiger partial charge in [0, 0.05) is 32.6 Å². The Morgan fingerprint density at radius 3 is 2.18 bits per heavy atom. The molecule has 0 atom stereocenters. The van der Waals surface area contributed by atoms with Crippen LogP contribution in [0.25, 0.3) is 0 Å². The summed E-state index contributed by atoms with van der Waals surface area (Å²) in [4.78, 5) is 0. The molecule has 0 radical (unpaired) electrons. The Balaban J connectivity index is 4.74. The average Bonchev–Trinajstić information content (AvgIpc) is 2.14. The molecule has 17 heavy (non-hydrogen) atoms. The maximum atomic E-state index is 13.1. The minimum atomic E-state index is -3.73. The van der Waals surface area contributed by atoms with Crippen molar-refractivity contribution in [3.8, 4) is 0 Å². The van der Waals surface area contributed by atoms with Crippen LogP contribution in [0.3, 0.4) is 0 Å². The zero-order valence-electron chi connectivity index (χ0n) is 9.99. The lowest BCUT2D eigenvalue weighted by Gasteiger charge is -2.26. The topological polar surface area (TPSA) is 40.6 Å². The molecule has 0 aliphatic carbocycles. The highest BCUT2D eigenvalue weighted by Gasteiger charge is 2.35. The van der Waals surface area contributed by atoms with E-state index in [1.165, 1.54) is 14.1 Å². The molecule has 0 rings (SSSR count). The second-order valence-corrected chi connectivity index (χ2v) is 8.73. The van der Waals surface area contributed by atoms with Gasteiger partial charge < -0.3 is 0 Å². The van der Waals surface area contributed by atoms with Crippen LogP contribution in [0.1, 0.15) is 26.2 Å². The summed E-state index contributed by atoms with van der Waals surface area (Å²) >= 11 is 10.6. The van der Waals surface area contributed by atoms with Gasteiger partial charge in [0.1, 0.15) is 0 Å². The van der Waals surface area contributed by atoms with Crippen molar-refractivity contribution >= 4 is 45.4 Å². The van der Waals surface area contributed by atoms with Crippen molar-refractivity contribution in [1.29, 1.82) is 0 Å². The summed E-state index contributed by atoms with van der Waals surface area (Å²) in [5.74, 6) is 0. The lowest BCUT2D eigenvalue weighted by Crippen LogP contribution is -2.37. The second-order valence-electron chi connectivity index (χ2n) is 3.56. The Bertz CT molecular complexity index is 320. The normalized spacial score (nSPS) is 13.6. The van der Waals surface area contributed by atoms with E-state index in [0.717, 1.165) is 20.9 Å². The SMILES string of the molecule is CCCCCN(SC(F)(Cl)Cl)S(=O)(=O)N(C)C. The van der Waals surface area contributed by atoms with Gasteiger partial charge in [-0.05, 0) is 6.42 Å². The molecule has 0 aromatic rings. The molecule has 104 valence electrons. The number of halogens is 3. The first-order chi connectivity index (χ1) is 7.61. The number of hydrogen-bond donors (Lipinski definition) is 0. The maximum absolute atomic E-state index is 13.1. The van der Waals surface area contributed by atoms with Gasteiger partial charge in [0.05, 0.1) is 0 Å². The maximum Gasteiger partial charge on any atom is 0.319 e. The van der Waals surface area contributed by atoms with E-state index < -0.39 is 14.1 Å². The molecule has 0 aromatic heterocycles. The van der Waals surface area contributed by atoms with E-state index in [-0.39, 0.29) is 18.5 Å². The van der Waals surface area contributed by atoms with Crippen molar-refractivity contribution in [2.45, 2.75) is 30.1 Å². The standard InChI is InChI=1S/C8H17Cl2FN2O2S2/c1-4-5-6-7-13(16-8(9,10)11)17(14,15)12(2)3/h4-7H2,1-3H3. The molecule has 0 aliphatic rings. The number of rotatable bonds is 8. The molecule has 0 unspecified atom stereocenters. The number of unbranched alkanes of at least 4 members (excludes halogenated alkanes) is 2. The first-order valence-electron chi connectivity index (χ1n) is 5.07. The van der Waals surface area contributed by atoms with E-state index in [2.05, 4.69) is 0 Å². The minimum Gasteiger partial charge on any atom is -0.194 e. The molecule has 9 heteroatoms. The fourth-order valence-electron chi connectivity index (χ4n) is 0.997. The highest BCUT2D eigenvalue weighted by molar-refractivity contribution is 8.10. The molecule has 0 heterocycles. The van der Waals surface area contributed by atoms with Crippen molar-refractivity contribution < 1.29 is 12.8 Å². The monoisotopic (exact) mass is 326 g/mol. The Hall–Kier alpha value is 0.730. The third kappa shape index (κ3) is 7.03. The van der Waals surface area contributed by atoms with Gasteiger partial charge in [-0.25, -0.2) is 0 Å². The third-order valence-corrected chi connectivity index (χ3v) is 5.28. The van der Waals surface area contributed by atoms with Gasteiger partial charge in [-0.1, -0.05) is 43.0 Å². The van der Waals surface area contributed by atoms with E-state index >= 15 is 0 Å². The molecule has 4 nitrogen and oxygen atoms in total. The molecule has 0 amide bonds. The Morgan fingerprint density at radius 1 is 1.29 bits per heavy atom. The Kier molecular flexibility index (Phi) is 7.67. The number of alkyl halides is 3. The summed E-state index contributed by atoms with van der Waals surface area (Å²) in [6, 6.07) is 0. The Labute approximate surface area is 117 Å². The highest BCUT2D eigenvalue weighted by Crippen LogP contribution is 2.40. The van der Waals surface area contributed by atoms with Crippen LogP contribution in [0.4, 0.5) is 4.39 Å². The van der Waals surface area contributed by atoms with Crippen molar-refractivity contribution in [1.82, 2.24) is 8.02 Å². The molecular weight excluding hydrogens is 310 g/mol. The summed E-state index contributed by atoms with van der Waals surface area (Å²) < 4.78 is 36.0. The molecule has 0 aliphatic heterocycles. The lowest BCUT2D eigenvalue weighted by atomic mass is 10.3. The van der Waals surface area contributed by atoms with Crippen LogP contribution >= 0.6 is 35.1 Å². The molecule has 0 aromatic carbocycles. The van der Waals surface area contributed by atoms with Crippen LogP contribution < -0.4 is 0 Å². The molecule has 0 bridgehead atoms. The summed E-state index contributed by atoms with van der Waals surface area (Å²) in [5, 5.41) is 0. The molecule has 0 saturated heterocycles.